The minimum Gasteiger partial charge on any atom is -0.474 e. The van der Waals surface area contributed by atoms with Crippen LogP contribution in [-0.2, 0) is 5.54 Å². The topological polar surface area (TPSA) is 107 Å². The van der Waals surface area contributed by atoms with Gasteiger partial charge in [-0.1, -0.05) is 24.3 Å². The quantitative estimate of drug-likeness (QED) is 0.278. The number of amides is 1. The minimum absolute atomic E-state index is 0.0198. The van der Waals surface area contributed by atoms with E-state index in [1.54, 1.807) is 30.6 Å². The van der Waals surface area contributed by atoms with E-state index in [1.165, 1.54) is 17.4 Å². The van der Waals surface area contributed by atoms with Crippen LogP contribution in [0.25, 0.3) is 32.9 Å². The molecule has 212 valence electrons. The minimum atomic E-state index is -0.634. The molecule has 1 aliphatic carbocycles. The summed E-state index contributed by atoms with van der Waals surface area (Å²) in [7, 11) is 0. The zero-order valence-electron chi connectivity index (χ0n) is 23.4. The summed E-state index contributed by atoms with van der Waals surface area (Å²) in [6, 6.07) is 16.2. The number of rotatable bonds is 6. The SMILES string of the molecule is Cc1nc(-c2ncccn2)sc1C(=O)N1CC2C(C1)C2Oc1cc(C(C)(C)N)cc(-c2ccc(F)c3ccccc23)n1. The van der Waals surface area contributed by atoms with E-state index in [0.29, 0.717) is 51.5 Å². The monoisotopic (exact) mass is 580 g/mol. The lowest BCUT2D eigenvalue weighted by atomic mass is 9.93. The summed E-state index contributed by atoms with van der Waals surface area (Å²) in [5, 5.41) is 1.96. The van der Waals surface area contributed by atoms with Crippen LogP contribution in [-0.4, -0.2) is 49.9 Å². The van der Waals surface area contributed by atoms with Crippen molar-refractivity contribution in [3.05, 3.63) is 88.9 Å². The van der Waals surface area contributed by atoms with E-state index >= 15 is 0 Å². The third kappa shape index (κ3) is 4.70. The summed E-state index contributed by atoms with van der Waals surface area (Å²) in [6.45, 7) is 6.94. The highest BCUT2D eigenvalue weighted by Crippen LogP contribution is 2.49. The van der Waals surface area contributed by atoms with Crippen LogP contribution < -0.4 is 10.5 Å². The van der Waals surface area contributed by atoms with Crippen LogP contribution in [0.3, 0.4) is 0 Å². The number of hydrogen-bond acceptors (Lipinski definition) is 8. The largest absolute Gasteiger partial charge is 0.474 e. The Hall–Kier alpha value is -4.28. The first-order valence-electron chi connectivity index (χ1n) is 13.9. The van der Waals surface area contributed by atoms with Crippen molar-refractivity contribution in [1.82, 2.24) is 24.8 Å². The van der Waals surface area contributed by atoms with E-state index in [4.69, 9.17) is 15.5 Å². The predicted octanol–water partition coefficient (Wildman–Crippen LogP) is 5.61. The van der Waals surface area contributed by atoms with E-state index < -0.39 is 5.54 Å². The molecule has 7 rings (SSSR count). The number of fused-ring (bicyclic) bond motifs is 2. The lowest BCUT2D eigenvalue weighted by molar-refractivity contribution is 0.0755. The second-order valence-electron chi connectivity index (χ2n) is 11.6. The second kappa shape index (κ2) is 9.92. The van der Waals surface area contributed by atoms with Gasteiger partial charge in [-0.2, -0.15) is 0 Å². The smallest absolute Gasteiger partial charge is 0.265 e. The van der Waals surface area contributed by atoms with E-state index in [1.807, 2.05) is 56.0 Å². The van der Waals surface area contributed by atoms with Crippen molar-refractivity contribution in [3.63, 3.8) is 0 Å². The normalized spacial score (nSPS) is 19.6. The fourth-order valence-corrected chi connectivity index (χ4v) is 6.74. The molecule has 2 unspecified atom stereocenters. The van der Waals surface area contributed by atoms with Gasteiger partial charge in [0.25, 0.3) is 5.91 Å². The summed E-state index contributed by atoms with van der Waals surface area (Å²) < 4.78 is 21.0. The maximum atomic E-state index is 14.5. The third-order valence-electron chi connectivity index (χ3n) is 8.10. The van der Waals surface area contributed by atoms with Gasteiger partial charge in [0.05, 0.1) is 11.4 Å². The molecule has 0 radical (unpaired) electrons. The summed E-state index contributed by atoms with van der Waals surface area (Å²) in [5.41, 5.74) is 8.93. The van der Waals surface area contributed by atoms with Gasteiger partial charge in [-0.25, -0.2) is 24.3 Å². The standard InChI is InChI=1S/C32H29FN6O2S/c1-17-28(42-30(37-17)29-35-11-6-12-36-29)31(40)39-15-22-23(16-39)27(22)41-26-14-18(32(2,3)34)13-25(38-26)21-9-10-24(33)20-8-5-4-7-19(20)21/h4-14,22-23,27H,15-16,34H2,1-3H3. The van der Waals surface area contributed by atoms with Crippen LogP contribution in [0.15, 0.2) is 67.0 Å². The number of piperidine rings is 1. The van der Waals surface area contributed by atoms with Gasteiger partial charge in [-0.05, 0) is 56.0 Å². The number of aryl methyl sites for hydroxylation is 1. The number of likely N-dealkylation sites (tertiary alicyclic amines) is 1. The molecule has 1 saturated carbocycles. The Kier molecular flexibility index (Phi) is 6.29. The Morgan fingerprint density at radius 1 is 1.02 bits per heavy atom. The van der Waals surface area contributed by atoms with E-state index in [0.717, 1.165) is 16.5 Å². The Labute approximate surface area is 246 Å². The zero-order valence-corrected chi connectivity index (χ0v) is 24.2. The number of nitrogens with zero attached hydrogens (tertiary/aromatic N) is 5. The molecule has 0 bridgehead atoms. The highest BCUT2D eigenvalue weighted by molar-refractivity contribution is 7.17. The van der Waals surface area contributed by atoms with Crippen molar-refractivity contribution in [2.75, 3.05) is 13.1 Å². The zero-order chi connectivity index (χ0) is 29.2. The molecule has 2 atom stereocenters. The van der Waals surface area contributed by atoms with Crippen LogP contribution >= 0.6 is 11.3 Å². The molecule has 1 amide bonds. The van der Waals surface area contributed by atoms with Crippen LogP contribution in [0.1, 0.15) is 34.8 Å². The van der Waals surface area contributed by atoms with Crippen molar-refractivity contribution >= 4 is 28.0 Å². The average Bonchev–Trinajstić information content (AvgIpc) is 3.28. The van der Waals surface area contributed by atoms with Crippen molar-refractivity contribution in [2.24, 2.45) is 17.6 Å². The number of aromatic nitrogens is 4. The summed E-state index contributed by atoms with van der Waals surface area (Å²) in [5.74, 6) is 1.16. The first-order chi connectivity index (χ1) is 20.2. The van der Waals surface area contributed by atoms with Gasteiger partial charge in [0.2, 0.25) is 5.88 Å². The molecule has 10 heteroatoms. The lowest BCUT2D eigenvalue weighted by Crippen LogP contribution is -2.33. The summed E-state index contributed by atoms with van der Waals surface area (Å²) in [6.07, 6.45) is 3.29. The van der Waals surface area contributed by atoms with Crippen LogP contribution in [0, 0.1) is 24.6 Å². The van der Waals surface area contributed by atoms with Gasteiger partial charge in [0.15, 0.2) is 10.8 Å². The lowest BCUT2D eigenvalue weighted by Gasteiger charge is -2.22. The number of pyridine rings is 1. The fourth-order valence-electron chi connectivity index (χ4n) is 5.76. The van der Waals surface area contributed by atoms with Crippen molar-refractivity contribution in [3.8, 4) is 28.0 Å². The fraction of sp³-hybridized carbons (Fsp3) is 0.281. The van der Waals surface area contributed by atoms with Crippen molar-refractivity contribution in [2.45, 2.75) is 32.4 Å². The number of thiazole rings is 1. The Balaban J connectivity index is 1.10. The highest BCUT2D eigenvalue weighted by atomic mass is 32.1. The molecule has 1 aliphatic heterocycles. The van der Waals surface area contributed by atoms with Gasteiger partial charge >= 0.3 is 0 Å². The number of carbonyl (C=O) groups excluding carboxylic acids is 1. The molecule has 2 fully saturated rings. The molecule has 2 N–H and O–H groups in total. The molecular formula is C32H29FN6O2S. The molecule has 42 heavy (non-hydrogen) atoms. The molecule has 8 nitrogen and oxygen atoms in total. The first kappa shape index (κ1) is 26.6. The van der Waals surface area contributed by atoms with Gasteiger partial charge < -0.3 is 15.4 Å². The predicted molar refractivity (Wildman–Crippen MR) is 160 cm³/mol. The molecule has 5 aromatic rings. The molecule has 2 aliphatic rings. The number of benzene rings is 2. The Bertz CT molecular complexity index is 1820. The molecule has 4 heterocycles. The summed E-state index contributed by atoms with van der Waals surface area (Å²) in [4.78, 5) is 33.8. The number of carbonyl (C=O) groups is 1. The maximum absolute atomic E-state index is 14.5. The molecule has 0 spiro atoms. The Morgan fingerprint density at radius 3 is 2.45 bits per heavy atom. The van der Waals surface area contributed by atoms with Gasteiger partial charge in [0.1, 0.15) is 16.8 Å². The van der Waals surface area contributed by atoms with E-state index in [2.05, 4.69) is 15.0 Å². The van der Waals surface area contributed by atoms with Crippen LogP contribution in [0.5, 0.6) is 5.88 Å². The Morgan fingerprint density at radius 2 is 1.74 bits per heavy atom. The maximum Gasteiger partial charge on any atom is 0.265 e. The molecule has 3 aromatic heterocycles. The summed E-state index contributed by atoms with van der Waals surface area (Å²) >= 11 is 1.33. The van der Waals surface area contributed by atoms with E-state index in [-0.39, 0.29) is 29.7 Å². The number of nitrogens with two attached hydrogens (primary N) is 1. The number of hydrogen-bond donors (Lipinski definition) is 1. The number of halogens is 1. The second-order valence-corrected chi connectivity index (χ2v) is 12.6. The highest BCUT2D eigenvalue weighted by Gasteiger charge is 2.59. The molecule has 1 saturated heterocycles. The van der Waals surface area contributed by atoms with Gasteiger partial charge in [-0.15, -0.1) is 11.3 Å². The van der Waals surface area contributed by atoms with Crippen LogP contribution in [0.2, 0.25) is 0 Å². The van der Waals surface area contributed by atoms with E-state index in [9.17, 15) is 9.18 Å². The van der Waals surface area contributed by atoms with Gasteiger partial charge in [0, 0.05) is 59.9 Å². The van der Waals surface area contributed by atoms with Crippen molar-refractivity contribution < 1.29 is 13.9 Å². The molecular weight excluding hydrogens is 551 g/mol. The number of ether oxygens (including phenoxy) is 1. The van der Waals surface area contributed by atoms with Gasteiger partial charge in [-0.3, -0.25) is 4.79 Å². The molecule has 2 aromatic carbocycles. The van der Waals surface area contributed by atoms with Crippen molar-refractivity contribution in [1.29, 1.82) is 0 Å². The third-order valence-corrected chi connectivity index (χ3v) is 9.24. The first-order valence-corrected chi connectivity index (χ1v) is 14.7. The van der Waals surface area contributed by atoms with Crippen LogP contribution in [0.4, 0.5) is 4.39 Å². The average molecular weight is 581 g/mol.